The van der Waals surface area contributed by atoms with Gasteiger partial charge >= 0.3 is 0 Å². The van der Waals surface area contributed by atoms with Crippen molar-refractivity contribution in [2.45, 2.75) is 52.2 Å². The van der Waals surface area contributed by atoms with Gasteiger partial charge in [-0.1, -0.05) is 26.8 Å². The molecule has 1 saturated heterocycles. The molecule has 2 aromatic carbocycles. The first-order valence-electron chi connectivity index (χ1n) is 11.8. The van der Waals surface area contributed by atoms with E-state index in [-0.39, 0.29) is 22.9 Å². The van der Waals surface area contributed by atoms with Crippen molar-refractivity contribution in [1.82, 2.24) is 0 Å². The summed E-state index contributed by atoms with van der Waals surface area (Å²) in [6.07, 6.45) is 1.46. The minimum absolute atomic E-state index is 0.00737. The van der Waals surface area contributed by atoms with E-state index in [1.54, 1.807) is 48.5 Å². The van der Waals surface area contributed by atoms with Gasteiger partial charge in [0.25, 0.3) is 11.7 Å². The smallest absolute Gasteiger partial charge is 0.300 e. The van der Waals surface area contributed by atoms with E-state index in [4.69, 9.17) is 13.9 Å². The van der Waals surface area contributed by atoms with Gasteiger partial charge in [-0.25, -0.2) is 0 Å². The van der Waals surface area contributed by atoms with E-state index in [0.29, 0.717) is 28.5 Å². The van der Waals surface area contributed by atoms with E-state index >= 15 is 0 Å². The van der Waals surface area contributed by atoms with Crippen LogP contribution < -0.4 is 14.4 Å². The fourth-order valence-electron chi connectivity index (χ4n) is 4.28. The van der Waals surface area contributed by atoms with Crippen LogP contribution in [-0.4, -0.2) is 30.0 Å². The maximum Gasteiger partial charge on any atom is 0.300 e. The number of aliphatic hydroxyl groups is 1. The molecule has 3 aromatic rings. The Labute approximate surface area is 210 Å². The monoisotopic (exact) mass is 489 g/mol. The van der Waals surface area contributed by atoms with Crippen LogP contribution in [0.3, 0.4) is 0 Å². The van der Waals surface area contributed by atoms with E-state index in [2.05, 4.69) is 0 Å². The third-order valence-electron chi connectivity index (χ3n) is 6.06. The van der Waals surface area contributed by atoms with Crippen molar-refractivity contribution in [3.63, 3.8) is 0 Å². The number of rotatable bonds is 6. The Bertz CT molecular complexity index is 1300. The number of furan rings is 1. The summed E-state index contributed by atoms with van der Waals surface area (Å²) in [5.41, 5.74) is 1.47. The van der Waals surface area contributed by atoms with Crippen molar-refractivity contribution < 1.29 is 28.6 Å². The summed E-state index contributed by atoms with van der Waals surface area (Å²) in [6, 6.07) is 14.7. The molecule has 1 amide bonds. The highest BCUT2D eigenvalue weighted by molar-refractivity contribution is 6.51. The number of hydrogen-bond acceptors (Lipinski definition) is 6. The summed E-state index contributed by atoms with van der Waals surface area (Å²) in [5.74, 6) is -0.506. The highest BCUT2D eigenvalue weighted by Crippen LogP contribution is 2.44. The Morgan fingerprint density at radius 1 is 1.06 bits per heavy atom. The van der Waals surface area contributed by atoms with E-state index in [0.717, 1.165) is 5.56 Å². The maximum atomic E-state index is 13.4. The SMILES string of the molecule is COc1ccc(C(C)(C)C)cc1/C(O)=C1\C(=O)C(=O)N(c2ccc(OC(C)C)cc2)C1c1ccco1. The lowest BCUT2D eigenvalue weighted by Gasteiger charge is -2.24. The van der Waals surface area contributed by atoms with Crippen molar-refractivity contribution in [2.75, 3.05) is 12.0 Å². The number of methoxy groups -OCH3 is 1. The fraction of sp³-hybridized carbons (Fsp3) is 0.310. The first-order valence-corrected chi connectivity index (χ1v) is 11.8. The topological polar surface area (TPSA) is 89.2 Å². The normalized spacial score (nSPS) is 17.6. The quantitative estimate of drug-likeness (QED) is 0.260. The average Bonchev–Trinajstić information content (AvgIpc) is 3.45. The summed E-state index contributed by atoms with van der Waals surface area (Å²) >= 11 is 0. The van der Waals surface area contributed by atoms with Crippen LogP contribution in [0.5, 0.6) is 11.5 Å². The molecule has 1 atom stereocenters. The lowest BCUT2D eigenvalue weighted by molar-refractivity contribution is -0.132. The van der Waals surface area contributed by atoms with Gasteiger partial charge < -0.3 is 19.0 Å². The first-order chi connectivity index (χ1) is 17.0. The average molecular weight is 490 g/mol. The first kappa shape index (κ1) is 25.1. The molecule has 36 heavy (non-hydrogen) atoms. The molecule has 0 spiro atoms. The predicted molar refractivity (Wildman–Crippen MR) is 137 cm³/mol. The maximum absolute atomic E-state index is 13.4. The predicted octanol–water partition coefficient (Wildman–Crippen LogP) is 6.00. The molecule has 1 aliphatic heterocycles. The van der Waals surface area contributed by atoms with Crippen LogP contribution >= 0.6 is 0 Å². The molecule has 0 aliphatic carbocycles. The number of ketones is 1. The second-order valence-corrected chi connectivity index (χ2v) is 10.0. The van der Waals surface area contributed by atoms with Crippen LogP contribution in [0, 0.1) is 0 Å². The Kier molecular flexibility index (Phi) is 6.67. The summed E-state index contributed by atoms with van der Waals surface area (Å²) in [5, 5.41) is 11.5. The van der Waals surface area contributed by atoms with Crippen molar-refractivity contribution in [3.8, 4) is 11.5 Å². The summed E-state index contributed by atoms with van der Waals surface area (Å²) in [4.78, 5) is 28.1. The number of Topliss-reactive ketones (excluding diaryl/α,β-unsaturated/α-hetero) is 1. The molecule has 7 nitrogen and oxygen atoms in total. The molecule has 7 heteroatoms. The van der Waals surface area contributed by atoms with Gasteiger partial charge in [0.1, 0.15) is 29.1 Å². The Balaban J connectivity index is 1.89. The zero-order valence-electron chi connectivity index (χ0n) is 21.4. The van der Waals surface area contributed by atoms with Gasteiger partial charge in [-0.2, -0.15) is 0 Å². The van der Waals surface area contributed by atoms with E-state index in [1.165, 1.54) is 18.3 Å². The second kappa shape index (κ2) is 9.57. The van der Waals surface area contributed by atoms with E-state index in [1.807, 2.05) is 40.7 Å². The van der Waals surface area contributed by atoms with Crippen molar-refractivity contribution in [1.29, 1.82) is 0 Å². The van der Waals surface area contributed by atoms with Gasteiger partial charge in [-0.15, -0.1) is 0 Å². The lowest BCUT2D eigenvalue weighted by Crippen LogP contribution is -2.29. The van der Waals surface area contributed by atoms with Crippen molar-refractivity contribution in [2.24, 2.45) is 0 Å². The zero-order chi connectivity index (χ0) is 26.2. The number of anilines is 1. The number of ether oxygens (including phenoxy) is 2. The van der Waals surface area contributed by atoms with Gasteiger partial charge in [0.2, 0.25) is 0 Å². The van der Waals surface area contributed by atoms with Crippen LogP contribution in [0.2, 0.25) is 0 Å². The molecule has 4 rings (SSSR count). The highest BCUT2D eigenvalue weighted by atomic mass is 16.5. The number of amides is 1. The molecule has 0 radical (unpaired) electrons. The minimum Gasteiger partial charge on any atom is -0.507 e. The molecule has 0 saturated carbocycles. The van der Waals surface area contributed by atoms with Gasteiger partial charge in [-0.05, 0) is 73.4 Å². The number of hydrogen-bond donors (Lipinski definition) is 1. The summed E-state index contributed by atoms with van der Waals surface area (Å²) < 4.78 is 16.9. The van der Waals surface area contributed by atoms with Crippen molar-refractivity contribution >= 4 is 23.1 Å². The van der Waals surface area contributed by atoms with Crippen LogP contribution in [0.15, 0.2) is 70.9 Å². The van der Waals surface area contributed by atoms with Crippen LogP contribution in [0.25, 0.3) is 5.76 Å². The number of benzene rings is 2. The number of carbonyl (C=O) groups is 2. The second-order valence-electron chi connectivity index (χ2n) is 10.0. The van der Waals surface area contributed by atoms with Gasteiger partial charge in [0.05, 0.1) is 30.6 Å². The molecular formula is C29H31NO6. The number of carbonyl (C=O) groups excluding carboxylic acids is 2. The van der Waals surface area contributed by atoms with Gasteiger partial charge in [0, 0.05) is 5.69 Å². The molecule has 1 aliphatic rings. The largest absolute Gasteiger partial charge is 0.507 e. The Morgan fingerprint density at radius 2 is 1.75 bits per heavy atom. The molecular weight excluding hydrogens is 458 g/mol. The molecule has 188 valence electrons. The van der Waals surface area contributed by atoms with Gasteiger partial charge in [-0.3, -0.25) is 14.5 Å². The van der Waals surface area contributed by atoms with Crippen LogP contribution in [0.1, 0.15) is 57.5 Å². The zero-order valence-corrected chi connectivity index (χ0v) is 21.4. The molecule has 1 N–H and O–H groups in total. The fourth-order valence-corrected chi connectivity index (χ4v) is 4.28. The molecule has 0 bridgehead atoms. The van der Waals surface area contributed by atoms with E-state index in [9.17, 15) is 14.7 Å². The number of aliphatic hydroxyl groups excluding tert-OH is 1. The molecule has 1 unspecified atom stereocenters. The van der Waals surface area contributed by atoms with Crippen LogP contribution in [-0.2, 0) is 15.0 Å². The van der Waals surface area contributed by atoms with Gasteiger partial charge in [0.15, 0.2) is 0 Å². The molecule has 1 aromatic heterocycles. The summed E-state index contributed by atoms with van der Waals surface area (Å²) in [7, 11) is 1.49. The lowest BCUT2D eigenvalue weighted by atomic mass is 9.85. The Hall–Kier alpha value is -4.00. The molecule has 2 heterocycles. The molecule has 1 fully saturated rings. The summed E-state index contributed by atoms with van der Waals surface area (Å²) in [6.45, 7) is 9.99. The van der Waals surface area contributed by atoms with Crippen molar-refractivity contribution in [3.05, 3.63) is 83.3 Å². The van der Waals surface area contributed by atoms with E-state index < -0.39 is 17.7 Å². The standard InChI is InChI=1S/C29H31NO6/c1-17(2)36-20-12-10-19(11-13-20)30-25(23-8-7-15-35-23)24(27(32)28(30)33)26(31)21-16-18(29(3,4)5)9-14-22(21)34-6/h7-17,25,31H,1-6H3/b26-24+. The third-order valence-corrected chi connectivity index (χ3v) is 6.06. The highest BCUT2D eigenvalue weighted by Gasteiger charge is 2.48. The minimum atomic E-state index is -0.958. The Morgan fingerprint density at radius 3 is 2.31 bits per heavy atom. The number of nitrogens with zero attached hydrogens (tertiary/aromatic N) is 1. The van der Waals surface area contributed by atoms with Crippen LogP contribution in [0.4, 0.5) is 5.69 Å². The third kappa shape index (κ3) is 4.61.